The summed E-state index contributed by atoms with van der Waals surface area (Å²) in [7, 11) is 0. The first-order chi connectivity index (χ1) is 29.2. The molecule has 5 heteroatoms. The fourth-order valence-electron chi connectivity index (χ4n) is 8.81. The van der Waals surface area contributed by atoms with E-state index in [-0.39, 0.29) is 0 Å². The van der Waals surface area contributed by atoms with Crippen LogP contribution in [-0.4, -0.2) is 19.9 Å². The van der Waals surface area contributed by atoms with Gasteiger partial charge in [-0.05, 0) is 67.0 Å². The van der Waals surface area contributed by atoms with Gasteiger partial charge in [-0.25, -0.2) is 19.9 Å². The van der Waals surface area contributed by atoms with E-state index >= 15 is 0 Å². The summed E-state index contributed by atoms with van der Waals surface area (Å²) in [6.07, 6.45) is 0. The number of fused-ring (bicyclic) bond motifs is 11. The van der Waals surface area contributed by atoms with Crippen LogP contribution in [0.15, 0.2) is 199 Å². The summed E-state index contributed by atoms with van der Waals surface area (Å²) in [4.78, 5) is 20.7. The van der Waals surface area contributed by atoms with E-state index < -0.39 is 0 Å². The second-order valence-electron chi connectivity index (χ2n) is 14.9. The van der Waals surface area contributed by atoms with Crippen LogP contribution in [0.4, 0.5) is 0 Å². The quantitative estimate of drug-likeness (QED) is 0.164. The molecule has 0 atom stereocenters. The maximum absolute atomic E-state index is 6.34. The molecule has 0 spiro atoms. The maximum Gasteiger partial charge on any atom is 0.228 e. The Bertz CT molecular complexity index is 3590. The second kappa shape index (κ2) is 13.3. The standard InChI is InChI=1S/C54H32N4O/c1-2-15-33(16-3-1)51-56-52(36-29-30-42-40-22-6-5-20-38(40)39-21-7-8-23-41(39)47(42)32-36)58-53(57-51)45-26-11-4-19-37(45)34-17-14-18-35(31-34)50-44-25-10-9-24-43(44)49-46-27-12-13-28-48(46)59-54(49)55-50/h1-32H. The molecule has 59 heavy (non-hydrogen) atoms. The lowest BCUT2D eigenvalue weighted by molar-refractivity contribution is 0.655. The van der Waals surface area contributed by atoms with E-state index in [1.54, 1.807) is 0 Å². The highest BCUT2D eigenvalue weighted by atomic mass is 16.3. The van der Waals surface area contributed by atoms with Gasteiger partial charge in [-0.1, -0.05) is 176 Å². The fourth-order valence-corrected chi connectivity index (χ4v) is 8.81. The minimum atomic E-state index is 0.602. The predicted molar refractivity (Wildman–Crippen MR) is 242 cm³/mol. The van der Waals surface area contributed by atoms with E-state index in [2.05, 4.69) is 152 Å². The molecule has 9 aromatic carbocycles. The molecule has 0 saturated heterocycles. The van der Waals surface area contributed by atoms with E-state index in [4.69, 9.17) is 24.4 Å². The maximum atomic E-state index is 6.34. The Labute approximate surface area is 338 Å². The van der Waals surface area contributed by atoms with Gasteiger partial charge >= 0.3 is 0 Å². The number of aromatic nitrogens is 4. The average molecular weight is 753 g/mol. The van der Waals surface area contributed by atoms with E-state index in [0.717, 1.165) is 66.2 Å². The van der Waals surface area contributed by atoms with Crippen molar-refractivity contribution in [1.82, 2.24) is 19.9 Å². The lowest BCUT2D eigenvalue weighted by atomic mass is 9.93. The lowest BCUT2D eigenvalue weighted by Crippen LogP contribution is -2.01. The Morgan fingerprint density at radius 3 is 1.56 bits per heavy atom. The summed E-state index contributed by atoms with van der Waals surface area (Å²) in [6.45, 7) is 0. The van der Waals surface area contributed by atoms with Crippen LogP contribution < -0.4 is 0 Å². The van der Waals surface area contributed by atoms with E-state index in [0.29, 0.717) is 23.2 Å². The topological polar surface area (TPSA) is 64.7 Å². The van der Waals surface area contributed by atoms with Gasteiger partial charge < -0.3 is 4.42 Å². The van der Waals surface area contributed by atoms with Crippen molar-refractivity contribution in [1.29, 1.82) is 0 Å². The van der Waals surface area contributed by atoms with Crippen LogP contribution in [0.2, 0.25) is 0 Å². The van der Waals surface area contributed by atoms with Gasteiger partial charge in [0.1, 0.15) is 5.58 Å². The molecule has 0 saturated carbocycles. The highest BCUT2D eigenvalue weighted by Crippen LogP contribution is 2.41. The summed E-state index contributed by atoms with van der Waals surface area (Å²) >= 11 is 0. The van der Waals surface area contributed by atoms with Crippen molar-refractivity contribution in [3.63, 3.8) is 0 Å². The minimum absolute atomic E-state index is 0.602. The van der Waals surface area contributed by atoms with Gasteiger partial charge in [0.15, 0.2) is 17.5 Å². The molecule has 0 N–H and O–H groups in total. The van der Waals surface area contributed by atoms with Gasteiger partial charge in [0.2, 0.25) is 5.71 Å². The molecule has 274 valence electrons. The Morgan fingerprint density at radius 2 is 0.814 bits per heavy atom. The molecule has 0 radical (unpaired) electrons. The number of nitrogens with zero attached hydrogens (tertiary/aromatic N) is 4. The van der Waals surface area contributed by atoms with Gasteiger partial charge in [0, 0.05) is 33.0 Å². The molecule has 3 aromatic heterocycles. The third-order valence-corrected chi connectivity index (χ3v) is 11.5. The molecule has 0 aliphatic heterocycles. The summed E-state index contributed by atoms with van der Waals surface area (Å²) in [5.74, 6) is 1.84. The van der Waals surface area contributed by atoms with Crippen molar-refractivity contribution < 1.29 is 4.42 Å². The molecule has 0 unspecified atom stereocenters. The van der Waals surface area contributed by atoms with Crippen LogP contribution in [0.25, 0.3) is 122 Å². The molecule has 0 fully saturated rings. The van der Waals surface area contributed by atoms with Crippen LogP contribution in [-0.2, 0) is 0 Å². The third kappa shape index (κ3) is 5.40. The molecule has 0 amide bonds. The van der Waals surface area contributed by atoms with Crippen LogP contribution in [0.5, 0.6) is 0 Å². The predicted octanol–water partition coefficient (Wildman–Crippen LogP) is 14.1. The van der Waals surface area contributed by atoms with Gasteiger partial charge in [0.05, 0.1) is 11.1 Å². The lowest BCUT2D eigenvalue weighted by Gasteiger charge is -2.14. The Balaban J connectivity index is 1.04. The van der Waals surface area contributed by atoms with E-state index in [9.17, 15) is 0 Å². The molecular formula is C54H32N4O. The molecule has 12 rings (SSSR count). The smallest absolute Gasteiger partial charge is 0.228 e. The monoisotopic (exact) mass is 752 g/mol. The summed E-state index contributed by atoms with van der Waals surface area (Å²) in [5, 5.41) is 11.6. The molecule has 5 nitrogen and oxygen atoms in total. The average Bonchev–Trinajstić information content (AvgIpc) is 3.70. The normalized spacial score (nSPS) is 11.7. The number of benzene rings is 9. The van der Waals surface area contributed by atoms with Crippen LogP contribution in [0, 0.1) is 0 Å². The van der Waals surface area contributed by atoms with Crippen LogP contribution >= 0.6 is 0 Å². The van der Waals surface area contributed by atoms with Crippen molar-refractivity contribution in [2.24, 2.45) is 0 Å². The molecule has 3 heterocycles. The Hall–Kier alpha value is -8.02. The highest BCUT2D eigenvalue weighted by Gasteiger charge is 2.19. The van der Waals surface area contributed by atoms with E-state index in [1.807, 2.05) is 42.5 Å². The minimum Gasteiger partial charge on any atom is -0.438 e. The van der Waals surface area contributed by atoms with Crippen molar-refractivity contribution in [3.8, 4) is 56.5 Å². The number of pyridine rings is 1. The number of rotatable bonds is 5. The molecule has 0 aliphatic carbocycles. The fraction of sp³-hybridized carbons (Fsp3) is 0. The zero-order valence-corrected chi connectivity index (χ0v) is 31.7. The van der Waals surface area contributed by atoms with Gasteiger partial charge in [-0.15, -0.1) is 0 Å². The zero-order chi connectivity index (χ0) is 38.9. The van der Waals surface area contributed by atoms with Crippen molar-refractivity contribution in [2.75, 3.05) is 0 Å². The zero-order valence-electron chi connectivity index (χ0n) is 31.7. The van der Waals surface area contributed by atoms with E-state index in [1.165, 1.54) is 32.3 Å². The Morgan fingerprint density at radius 1 is 0.288 bits per heavy atom. The molecule has 12 aromatic rings. The SMILES string of the molecule is c1ccc(-c2nc(-c3ccc4c5ccccc5c5ccccc5c4c3)nc(-c3ccccc3-c3cccc(-c4nc5oc6ccccc6c5c5ccccc45)c3)n2)cc1. The van der Waals surface area contributed by atoms with Gasteiger partial charge in [0.25, 0.3) is 0 Å². The van der Waals surface area contributed by atoms with Crippen molar-refractivity contribution in [3.05, 3.63) is 194 Å². The van der Waals surface area contributed by atoms with Gasteiger partial charge in [-0.3, -0.25) is 0 Å². The molecule has 0 bridgehead atoms. The highest BCUT2D eigenvalue weighted by molar-refractivity contribution is 6.26. The first-order valence-corrected chi connectivity index (χ1v) is 19.8. The number of hydrogen-bond acceptors (Lipinski definition) is 5. The third-order valence-electron chi connectivity index (χ3n) is 11.5. The number of furan rings is 1. The first kappa shape index (κ1) is 33.2. The molecular weight excluding hydrogens is 721 g/mol. The molecule has 0 aliphatic rings. The second-order valence-corrected chi connectivity index (χ2v) is 14.9. The van der Waals surface area contributed by atoms with Gasteiger partial charge in [-0.2, -0.15) is 0 Å². The summed E-state index contributed by atoms with van der Waals surface area (Å²) in [6, 6.07) is 67.6. The number of hydrogen-bond donors (Lipinski definition) is 0. The van der Waals surface area contributed by atoms with Crippen LogP contribution in [0.1, 0.15) is 0 Å². The van der Waals surface area contributed by atoms with Crippen molar-refractivity contribution >= 4 is 65.2 Å². The summed E-state index contributed by atoms with van der Waals surface area (Å²) in [5.41, 5.74) is 8.13. The first-order valence-electron chi connectivity index (χ1n) is 19.8. The van der Waals surface area contributed by atoms with Crippen LogP contribution in [0.3, 0.4) is 0 Å². The Kier molecular flexibility index (Phi) is 7.47. The largest absolute Gasteiger partial charge is 0.438 e. The summed E-state index contributed by atoms with van der Waals surface area (Å²) < 4.78 is 6.34. The van der Waals surface area contributed by atoms with Crippen molar-refractivity contribution in [2.45, 2.75) is 0 Å². The number of para-hydroxylation sites is 1.